The third kappa shape index (κ3) is 2.68. The zero-order valence-electron chi connectivity index (χ0n) is 9.13. The molecule has 0 amide bonds. The third-order valence-electron chi connectivity index (χ3n) is 2.92. The van der Waals surface area contributed by atoms with Gasteiger partial charge in [-0.15, -0.1) is 12.3 Å². The van der Waals surface area contributed by atoms with Crippen LogP contribution in [0.2, 0.25) is 0 Å². The Morgan fingerprint density at radius 3 is 2.73 bits per heavy atom. The molecule has 0 radical (unpaired) electrons. The SMILES string of the molecule is C#CC(C)C1C=C(C(F)F)C(CC)=CC1. The first-order chi connectivity index (χ1) is 7.10. The topological polar surface area (TPSA) is 0 Å². The van der Waals surface area contributed by atoms with Crippen LogP contribution >= 0.6 is 0 Å². The summed E-state index contributed by atoms with van der Waals surface area (Å²) in [6, 6.07) is 0. The van der Waals surface area contributed by atoms with Crippen molar-refractivity contribution in [2.75, 3.05) is 0 Å². The zero-order chi connectivity index (χ0) is 11.4. The van der Waals surface area contributed by atoms with Crippen LogP contribution in [0.1, 0.15) is 26.7 Å². The van der Waals surface area contributed by atoms with E-state index < -0.39 is 6.43 Å². The number of alkyl halides is 2. The second-order valence-corrected chi connectivity index (χ2v) is 3.86. The van der Waals surface area contributed by atoms with Crippen molar-refractivity contribution in [3.05, 3.63) is 23.3 Å². The fourth-order valence-corrected chi connectivity index (χ4v) is 1.84. The Morgan fingerprint density at radius 1 is 1.60 bits per heavy atom. The first kappa shape index (κ1) is 12.0. The van der Waals surface area contributed by atoms with Crippen molar-refractivity contribution in [3.63, 3.8) is 0 Å². The Balaban J connectivity index is 2.89. The minimum atomic E-state index is -2.39. The normalized spacial score (nSPS) is 23.1. The van der Waals surface area contributed by atoms with Gasteiger partial charge in [0.05, 0.1) is 0 Å². The van der Waals surface area contributed by atoms with Gasteiger partial charge >= 0.3 is 0 Å². The molecule has 2 unspecified atom stereocenters. The Morgan fingerprint density at radius 2 is 2.27 bits per heavy atom. The third-order valence-corrected chi connectivity index (χ3v) is 2.92. The zero-order valence-corrected chi connectivity index (χ0v) is 9.13. The summed E-state index contributed by atoms with van der Waals surface area (Å²) in [6.07, 6.45) is 7.92. The van der Waals surface area contributed by atoms with E-state index in [-0.39, 0.29) is 17.4 Å². The van der Waals surface area contributed by atoms with E-state index in [2.05, 4.69) is 5.92 Å². The molecule has 2 atom stereocenters. The molecule has 1 aliphatic carbocycles. The Kier molecular flexibility index (Phi) is 4.08. The van der Waals surface area contributed by atoms with Gasteiger partial charge in [-0.05, 0) is 24.3 Å². The molecule has 0 N–H and O–H groups in total. The van der Waals surface area contributed by atoms with E-state index >= 15 is 0 Å². The molecule has 0 aliphatic heterocycles. The highest BCUT2D eigenvalue weighted by atomic mass is 19.3. The molecule has 2 heteroatoms. The number of allylic oxidation sites excluding steroid dienone is 4. The van der Waals surface area contributed by atoms with Crippen LogP contribution in [0, 0.1) is 24.2 Å². The van der Waals surface area contributed by atoms with Crippen LogP contribution in [0.4, 0.5) is 8.78 Å². The number of rotatable bonds is 3. The Labute approximate surface area is 90.1 Å². The molecule has 0 saturated carbocycles. The average molecular weight is 210 g/mol. The van der Waals surface area contributed by atoms with Gasteiger partial charge in [0.15, 0.2) is 0 Å². The van der Waals surface area contributed by atoms with E-state index in [1.165, 1.54) is 0 Å². The Bertz CT molecular complexity index is 318. The average Bonchev–Trinajstić information content (AvgIpc) is 2.27. The molecule has 82 valence electrons. The summed E-state index contributed by atoms with van der Waals surface area (Å²) < 4.78 is 25.5. The molecule has 0 saturated heterocycles. The van der Waals surface area contributed by atoms with Gasteiger partial charge in [-0.1, -0.05) is 26.0 Å². The molecule has 0 fully saturated rings. The van der Waals surface area contributed by atoms with Gasteiger partial charge in [-0.2, -0.15) is 0 Å². The Hall–Kier alpha value is -1.10. The lowest BCUT2D eigenvalue weighted by Crippen LogP contribution is -2.14. The minimum Gasteiger partial charge on any atom is -0.205 e. The summed E-state index contributed by atoms with van der Waals surface area (Å²) in [5.74, 6) is 2.69. The number of halogens is 2. The van der Waals surface area contributed by atoms with E-state index in [4.69, 9.17) is 6.42 Å². The van der Waals surface area contributed by atoms with Gasteiger partial charge in [0.2, 0.25) is 0 Å². The quantitative estimate of drug-likeness (QED) is 0.621. The van der Waals surface area contributed by atoms with Crippen molar-refractivity contribution in [2.45, 2.75) is 33.1 Å². The van der Waals surface area contributed by atoms with E-state index in [0.29, 0.717) is 6.42 Å². The molecule has 0 bridgehead atoms. The highest BCUT2D eigenvalue weighted by molar-refractivity contribution is 5.36. The molecule has 0 spiro atoms. The largest absolute Gasteiger partial charge is 0.263 e. The van der Waals surface area contributed by atoms with Gasteiger partial charge in [-0.25, -0.2) is 8.78 Å². The molecule has 0 aromatic carbocycles. The molecular formula is C13H16F2. The molecule has 15 heavy (non-hydrogen) atoms. The highest BCUT2D eigenvalue weighted by Crippen LogP contribution is 2.32. The fraction of sp³-hybridized carbons (Fsp3) is 0.538. The molecule has 0 heterocycles. The van der Waals surface area contributed by atoms with Crippen LogP contribution in [0.5, 0.6) is 0 Å². The lowest BCUT2D eigenvalue weighted by atomic mass is 9.83. The number of hydrogen-bond acceptors (Lipinski definition) is 0. The minimum absolute atomic E-state index is 0.0217. The summed E-state index contributed by atoms with van der Waals surface area (Å²) in [4.78, 5) is 0. The first-order valence-electron chi connectivity index (χ1n) is 5.25. The van der Waals surface area contributed by atoms with E-state index in [1.807, 2.05) is 19.9 Å². The van der Waals surface area contributed by atoms with Gasteiger partial charge < -0.3 is 0 Å². The van der Waals surface area contributed by atoms with Gasteiger partial charge in [0, 0.05) is 11.5 Å². The van der Waals surface area contributed by atoms with Crippen LogP contribution in [-0.2, 0) is 0 Å². The molecule has 0 aromatic rings. The summed E-state index contributed by atoms with van der Waals surface area (Å²) in [6.45, 7) is 3.79. The molecule has 1 rings (SSSR count). The maximum absolute atomic E-state index is 12.7. The summed E-state index contributed by atoms with van der Waals surface area (Å²) in [5, 5.41) is 0. The maximum atomic E-state index is 12.7. The lowest BCUT2D eigenvalue weighted by Gasteiger charge is -2.23. The van der Waals surface area contributed by atoms with E-state index in [1.54, 1.807) is 6.08 Å². The van der Waals surface area contributed by atoms with E-state index in [0.717, 1.165) is 12.0 Å². The van der Waals surface area contributed by atoms with Crippen LogP contribution in [0.25, 0.3) is 0 Å². The van der Waals surface area contributed by atoms with Gasteiger partial charge in [-0.3, -0.25) is 0 Å². The van der Waals surface area contributed by atoms with Crippen LogP contribution in [0.15, 0.2) is 23.3 Å². The second-order valence-electron chi connectivity index (χ2n) is 3.86. The first-order valence-corrected chi connectivity index (χ1v) is 5.25. The molecule has 0 aromatic heterocycles. The molecule has 0 nitrogen and oxygen atoms in total. The fourth-order valence-electron chi connectivity index (χ4n) is 1.84. The van der Waals surface area contributed by atoms with Crippen molar-refractivity contribution >= 4 is 0 Å². The van der Waals surface area contributed by atoms with Crippen molar-refractivity contribution < 1.29 is 8.78 Å². The summed E-state index contributed by atoms with van der Waals surface area (Å²) in [7, 11) is 0. The van der Waals surface area contributed by atoms with Crippen LogP contribution < -0.4 is 0 Å². The molecular weight excluding hydrogens is 194 g/mol. The monoisotopic (exact) mass is 210 g/mol. The van der Waals surface area contributed by atoms with Crippen molar-refractivity contribution in [1.82, 2.24) is 0 Å². The highest BCUT2D eigenvalue weighted by Gasteiger charge is 2.23. The molecule has 1 aliphatic rings. The van der Waals surface area contributed by atoms with E-state index in [9.17, 15) is 8.78 Å². The van der Waals surface area contributed by atoms with Crippen LogP contribution in [-0.4, -0.2) is 6.43 Å². The predicted octanol–water partition coefficient (Wildman–Crippen LogP) is 3.80. The summed E-state index contributed by atoms with van der Waals surface area (Å²) >= 11 is 0. The van der Waals surface area contributed by atoms with Gasteiger partial charge in [0.1, 0.15) is 0 Å². The summed E-state index contributed by atoms with van der Waals surface area (Å²) in [5.41, 5.74) is 0.946. The lowest BCUT2D eigenvalue weighted by molar-refractivity contribution is 0.189. The smallest absolute Gasteiger partial charge is 0.205 e. The van der Waals surface area contributed by atoms with Gasteiger partial charge in [0.25, 0.3) is 6.43 Å². The standard InChI is InChI=1S/C13H16F2/c1-4-9(3)11-7-6-10(5-2)12(8-11)13(14)15/h1,6,8-9,11,13H,5,7H2,2-3H3. The number of hydrogen-bond donors (Lipinski definition) is 0. The maximum Gasteiger partial charge on any atom is 0.263 e. The van der Waals surface area contributed by atoms with Crippen molar-refractivity contribution in [1.29, 1.82) is 0 Å². The second kappa shape index (κ2) is 5.11. The van der Waals surface area contributed by atoms with Crippen molar-refractivity contribution in [2.24, 2.45) is 11.8 Å². The predicted molar refractivity (Wildman–Crippen MR) is 58.6 cm³/mol. The number of terminal acetylenes is 1. The van der Waals surface area contributed by atoms with Crippen LogP contribution in [0.3, 0.4) is 0 Å². The van der Waals surface area contributed by atoms with Crippen molar-refractivity contribution in [3.8, 4) is 12.3 Å².